The summed E-state index contributed by atoms with van der Waals surface area (Å²) in [5.41, 5.74) is 6.87. The third kappa shape index (κ3) is 5.91. The van der Waals surface area contributed by atoms with Gasteiger partial charge in [0.2, 0.25) is 0 Å². The topological polar surface area (TPSA) is 51.8 Å². The molecule has 0 fully saturated rings. The first-order chi connectivity index (χ1) is 7.76. The quantitative estimate of drug-likeness (QED) is 0.894. The summed E-state index contributed by atoms with van der Waals surface area (Å²) in [5.74, 6) is 2.84. The summed E-state index contributed by atoms with van der Waals surface area (Å²) in [6, 6.07) is 1.88. The van der Waals surface area contributed by atoms with Crippen LogP contribution in [0.5, 0.6) is 0 Å². The molecule has 0 bridgehead atoms. The van der Waals surface area contributed by atoms with E-state index in [4.69, 9.17) is 5.73 Å². The van der Waals surface area contributed by atoms with E-state index in [1.54, 1.807) is 0 Å². The maximum absolute atomic E-state index is 5.81. The Kier molecular flexibility index (Phi) is 4.80. The highest BCUT2D eigenvalue weighted by molar-refractivity contribution is 7.99. The van der Waals surface area contributed by atoms with Crippen LogP contribution in [0.15, 0.2) is 6.07 Å². The van der Waals surface area contributed by atoms with Gasteiger partial charge in [0.25, 0.3) is 0 Å². The van der Waals surface area contributed by atoms with Crippen molar-refractivity contribution in [3.05, 3.63) is 17.6 Å². The van der Waals surface area contributed by atoms with Crippen molar-refractivity contribution in [2.24, 2.45) is 5.92 Å². The Bertz CT molecular complexity index is 369. The predicted molar refractivity (Wildman–Crippen MR) is 76.0 cm³/mol. The number of nitrogens with two attached hydrogens (primary N) is 1. The lowest BCUT2D eigenvalue weighted by Gasteiger charge is -2.17. The van der Waals surface area contributed by atoms with Crippen LogP contribution in [-0.2, 0) is 12.2 Å². The predicted octanol–water partition coefficient (Wildman–Crippen LogP) is 3.29. The van der Waals surface area contributed by atoms with Crippen molar-refractivity contribution in [3.8, 4) is 0 Å². The highest BCUT2D eigenvalue weighted by atomic mass is 32.2. The second kappa shape index (κ2) is 5.71. The fourth-order valence-corrected chi connectivity index (χ4v) is 2.13. The van der Waals surface area contributed by atoms with E-state index in [0.29, 0.717) is 11.7 Å². The Labute approximate surface area is 109 Å². The maximum Gasteiger partial charge on any atom is 0.140 e. The van der Waals surface area contributed by atoms with E-state index in [2.05, 4.69) is 44.6 Å². The first-order valence-corrected chi connectivity index (χ1v) is 7.01. The van der Waals surface area contributed by atoms with Gasteiger partial charge in [-0.15, -0.1) is 11.8 Å². The minimum Gasteiger partial charge on any atom is -0.384 e. The van der Waals surface area contributed by atoms with Crippen LogP contribution in [0, 0.1) is 5.92 Å². The second-order valence-corrected chi connectivity index (χ2v) is 7.50. The zero-order valence-electron chi connectivity index (χ0n) is 11.4. The molecule has 0 amide bonds. The first kappa shape index (κ1) is 14.3. The summed E-state index contributed by atoms with van der Waals surface area (Å²) in [6.45, 7) is 10.9. The molecular formula is C13H23N3S. The monoisotopic (exact) mass is 253 g/mol. The molecule has 96 valence electrons. The van der Waals surface area contributed by atoms with Crippen molar-refractivity contribution in [1.82, 2.24) is 9.97 Å². The highest BCUT2D eigenvalue weighted by Gasteiger charge is 2.12. The summed E-state index contributed by atoms with van der Waals surface area (Å²) in [4.78, 5) is 8.85. The van der Waals surface area contributed by atoms with Gasteiger partial charge in [-0.2, -0.15) is 0 Å². The summed E-state index contributed by atoms with van der Waals surface area (Å²) >= 11 is 1.84. The van der Waals surface area contributed by atoms with E-state index in [1.165, 1.54) is 0 Å². The fraction of sp³-hybridized carbons (Fsp3) is 0.692. The zero-order chi connectivity index (χ0) is 13.1. The molecule has 0 aliphatic carbocycles. The van der Waals surface area contributed by atoms with Gasteiger partial charge in [-0.3, -0.25) is 0 Å². The Balaban J connectivity index is 2.75. The molecule has 0 aromatic carbocycles. The number of hydrogen-bond acceptors (Lipinski definition) is 4. The molecular weight excluding hydrogens is 230 g/mol. The number of thioether (sulfide) groups is 1. The van der Waals surface area contributed by atoms with Gasteiger partial charge < -0.3 is 5.73 Å². The Morgan fingerprint density at radius 2 is 1.94 bits per heavy atom. The third-order valence-corrected chi connectivity index (χ3v) is 3.37. The molecule has 0 spiro atoms. The molecule has 0 saturated carbocycles. The highest BCUT2D eigenvalue weighted by Crippen LogP contribution is 2.26. The number of anilines is 1. The van der Waals surface area contributed by atoms with Gasteiger partial charge in [0.1, 0.15) is 11.6 Å². The molecule has 0 aliphatic rings. The minimum absolute atomic E-state index is 0.228. The van der Waals surface area contributed by atoms with Crippen LogP contribution in [0.2, 0.25) is 0 Å². The lowest BCUT2D eigenvalue weighted by molar-refractivity contribution is 0.632. The lowest BCUT2D eigenvalue weighted by atomic mass is 10.1. The van der Waals surface area contributed by atoms with E-state index in [9.17, 15) is 0 Å². The zero-order valence-corrected chi connectivity index (χ0v) is 12.3. The molecule has 4 heteroatoms. The summed E-state index contributed by atoms with van der Waals surface area (Å²) in [5, 5.41) is 0. The van der Waals surface area contributed by atoms with Gasteiger partial charge in [0.05, 0.1) is 5.75 Å². The summed E-state index contributed by atoms with van der Waals surface area (Å²) < 4.78 is 0.228. The van der Waals surface area contributed by atoms with Crippen LogP contribution in [0.1, 0.15) is 46.1 Å². The van der Waals surface area contributed by atoms with E-state index in [-0.39, 0.29) is 4.75 Å². The fourth-order valence-electron chi connectivity index (χ4n) is 1.44. The van der Waals surface area contributed by atoms with Gasteiger partial charge >= 0.3 is 0 Å². The van der Waals surface area contributed by atoms with Gasteiger partial charge in [-0.05, 0) is 12.3 Å². The van der Waals surface area contributed by atoms with Crippen molar-refractivity contribution in [2.75, 3.05) is 5.73 Å². The van der Waals surface area contributed by atoms with Gasteiger partial charge in [-0.1, -0.05) is 34.6 Å². The first-order valence-electron chi connectivity index (χ1n) is 6.02. The summed E-state index contributed by atoms with van der Waals surface area (Å²) in [7, 11) is 0. The van der Waals surface area contributed by atoms with Crippen LogP contribution in [0.25, 0.3) is 0 Å². The van der Waals surface area contributed by atoms with Gasteiger partial charge in [0.15, 0.2) is 0 Å². The van der Waals surface area contributed by atoms with Crippen molar-refractivity contribution in [1.29, 1.82) is 0 Å². The van der Waals surface area contributed by atoms with Crippen LogP contribution in [-0.4, -0.2) is 14.7 Å². The van der Waals surface area contributed by atoms with Crippen LogP contribution < -0.4 is 5.73 Å². The average Bonchev–Trinajstić information content (AvgIpc) is 2.11. The molecule has 2 N–H and O–H groups in total. The molecule has 17 heavy (non-hydrogen) atoms. The Hall–Kier alpha value is -0.770. The van der Waals surface area contributed by atoms with E-state index < -0.39 is 0 Å². The average molecular weight is 253 g/mol. The number of nitrogens with zero attached hydrogens (tertiary/aromatic N) is 2. The van der Waals surface area contributed by atoms with Gasteiger partial charge in [-0.25, -0.2) is 9.97 Å². The molecule has 1 aromatic heterocycles. The standard InChI is InChI=1S/C13H23N3S/c1-9(2)6-10-7-11(14)16-12(15-10)8-17-13(3,4)5/h7,9H,6,8H2,1-5H3,(H2,14,15,16). The normalized spacial score (nSPS) is 12.1. The van der Waals surface area contributed by atoms with E-state index in [1.807, 2.05) is 17.8 Å². The number of hydrogen-bond donors (Lipinski definition) is 1. The molecule has 0 radical (unpaired) electrons. The van der Waals surface area contributed by atoms with Crippen molar-refractivity contribution < 1.29 is 0 Å². The second-order valence-electron chi connectivity index (χ2n) is 5.70. The largest absolute Gasteiger partial charge is 0.384 e. The Morgan fingerprint density at radius 1 is 1.29 bits per heavy atom. The molecule has 0 saturated heterocycles. The van der Waals surface area contributed by atoms with Crippen LogP contribution in [0.4, 0.5) is 5.82 Å². The Morgan fingerprint density at radius 3 is 2.47 bits per heavy atom. The van der Waals surface area contributed by atoms with Crippen molar-refractivity contribution in [3.63, 3.8) is 0 Å². The smallest absolute Gasteiger partial charge is 0.140 e. The molecule has 1 aromatic rings. The van der Waals surface area contributed by atoms with E-state index >= 15 is 0 Å². The van der Waals surface area contributed by atoms with Crippen molar-refractivity contribution in [2.45, 2.75) is 51.5 Å². The maximum atomic E-state index is 5.81. The molecule has 0 aliphatic heterocycles. The molecule has 3 nitrogen and oxygen atoms in total. The van der Waals surface area contributed by atoms with Crippen LogP contribution in [0.3, 0.4) is 0 Å². The number of aromatic nitrogens is 2. The molecule has 0 unspecified atom stereocenters. The molecule has 0 atom stereocenters. The summed E-state index contributed by atoms with van der Waals surface area (Å²) in [6.07, 6.45) is 0.958. The van der Waals surface area contributed by atoms with Crippen LogP contribution >= 0.6 is 11.8 Å². The SMILES string of the molecule is CC(C)Cc1cc(N)nc(CSC(C)(C)C)n1. The molecule has 1 rings (SSSR count). The lowest BCUT2D eigenvalue weighted by Crippen LogP contribution is -2.10. The van der Waals surface area contributed by atoms with E-state index in [0.717, 1.165) is 23.7 Å². The van der Waals surface area contributed by atoms with Crippen molar-refractivity contribution >= 4 is 17.6 Å². The minimum atomic E-state index is 0.228. The third-order valence-electron chi connectivity index (χ3n) is 2.10. The van der Waals surface area contributed by atoms with Gasteiger partial charge in [0, 0.05) is 16.5 Å². The number of nitrogen functional groups attached to an aromatic ring is 1. The number of rotatable bonds is 4. The molecule has 1 heterocycles.